The van der Waals surface area contributed by atoms with Crippen molar-refractivity contribution >= 4 is 37.6 Å². The van der Waals surface area contributed by atoms with Gasteiger partial charge >= 0.3 is 0 Å². The van der Waals surface area contributed by atoms with E-state index in [1.807, 2.05) is 12.1 Å². The number of pyridine rings is 1. The predicted molar refractivity (Wildman–Crippen MR) is 117 cm³/mol. The number of hydrogen-bond acceptors (Lipinski definition) is 7. The zero-order valence-corrected chi connectivity index (χ0v) is 17.4. The highest BCUT2D eigenvalue weighted by Crippen LogP contribution is 2.40. The SMILES string of the molecule is O=c1c2sc3nc(N4CCOCC4)c4c(c3c2ncn1Cc1ccco1)CCCC4. The molecule has 0 radical (unpaired) electrons. The average molecular weight is 423 g/mol. The Bertz CT molecular complexity index is 1290. The van der Waals surface area contributed by atoms with E-state index in [9.17, 15) is 4.79 Å². The number of aryl methyl sites for hydroxylation is 1. The monoisotopic (exact) mass is 422 g/mol. The molecule has 154 valence electrons. The number of ether oxygens (including phenoxy) is 1. The highest BCUT2D eigenvalue weighted by molar-refractivity contribution is 7.25. The molecule has 1 fully saturated rings. The van der Waals surface area contributed by atoms with Crippen LogP contribution in [0, 0.1) is 0 Å². The van der Waals surface area contributed by atoms with Crippen LogP contribution in [-0.4, -0.2) is 40.8 Å². The molecule has 1 aliphatic carbocycles. The molecule has 0 spiro atoms. The van der Waals surface area contributed by atoms with Crippen LogP contribution in [0.5, 0.6) is 0 Å². The van der Waals surface area contributed by atoms with Gasteiger partial charge in [-0.2, -0.15) is 0 Å². The Balaban J connectivity index is 1.55. The summed E-state index contributed by atoms with van der Waals surface area (Å²) in [5.74, 6) is 1.83. The number of thiophene rings is 1. The van der Waals surface area contributed by atoms with Crippen molar-refractivity contribution in [1.29, 1.82) is 0 Å². The first kappa shape index (κ1) is 18.1. The second kappa shape index (κ2) is 7.21. The van der Waals surface area contributed by atoms with Gasteiger partial charge in [-0.05, 0) is 48.9 Å². The first-order valence-corrected chi connectivity index (χ1v) is 11.3. The van der Waals surface area contributed by atoms with Gasteiger partial charge < -0.3 is 14.1 Å². The van der Waals surface area contributed by atoms with E-state index in [1.54, 1.807) is 17.2 Å². The zero-order valence-electron chi connectivity index (χ0n) is 16.6. The molecule has 1 aliphatic heterocycles. The molecule has 0 bridgehead atoms. The van der Waals surface area contributed by atoms with Crippen LogP contribution in [0.3, 0.4) is 0 Å². The minimum Gasteiger partial charge on any atom is -0.467 e. The van der Waals surface area contributed by atoms with E-state index in [1.165, 1.54) is 35.3 Å². The van der Waals surface area contributed by atoms with Crippen molar-refractivity contribution in [3.8, 4) is 0 Å². The molecule has 0 atom stereocenters. The molecular weight excluding hydrogens is 400 g/mol. The van der Waals surface area contributed by atoms with Crippen LogP contribution in [0.25, 0.3) is 20.4 Å². The van der Waals surface area contributed by atoms with Crippen LogP contribution in [0.15, 0.2) is 33.9 Å². The maximum Gasteiger partial charge on any atom is 0.271 e. The van der Waals surface area contributed by atoms with Crippen molar-refractivity contribution in [1.82, 2.24) is 14.5 Å². The first-order chi connectivity index (χ1) is 14.8. The first-order valence-electron chi connectivity index (χ1n) is 10.5. The summed E-state index contributed by atoms with van der Waals surface area (Å²) in [7, 11) is 0. The van der Waals surface area contributed by atoms with Gasteiger partial charge in [-0.25, -0.2) is 9.97 Å². The fourth-order valence-corrected chi connectivity index (χ4v) is 5.75. The lowest BCUT2D eigenvalue weighted by Gasteiger charge is -2.31. The van der Waals surface area contributed by atoms with Gasteiger partial charge in [0.1, 0.15) is 21.1 Å². The topological polar surface area (TPSA) is 73.4 Å². The van der Waals surface area contributed by atoms with Gasteiger partial charge in [0.05, 0.1) is 37.9 Å². The highest BCUT2D eigenvalue weighted by atomic mass is 32.1. The lowest BCUT2D eigenvalue weighted by atomic mass is 9.90. The van der Waals surface area contributed by atoms with E-state index in [0.29, 0.717) is 11.2 Å². The van der Waals surface area contributed by atoms with Crippen molar-refractivity contribution in [3.63, 3.8) is 0 Å². The number of fused-ring (bicyclic) bond motifs is 5. The number of aromatic nitrogens is 3. The number of rotatable bonds is 3. The van der Waals surface area contributed by atoms with E-state index in [-0.39, 0.29) is 5.56 Å². The Morgan fingerprint density at radius 2 is 1.97 bits per heavy atom. The summed E-state index contributed by atoms with van der Waals surface area (Å²) in [6.07, 6.45) is 7.68. The van der Waals surface area contributed by atoms with Gasteiger partial charge in [0.25, 0.3) is 5.56 Å². The van der Waals surface area contributed by atoms with Crippen LogP contribution >= 0.6 is 11.3 Å². The van der Waals surface area contributed by atoms with Gasteiger partial charge in [-0.3, -0.25) is 9.36 Å². The molecule has 8 heteroatoms. The fourth-order valence-electron chi connectivity index (χ4n) is 4.65. The van der Waals surface area contributed by atoms with Gasteiger partial charge in [-0.1, -0.05) is 0 Å². The van der Waals surface area contributed by atoms with Crippen molar-refractivity contribution in [2.75, 3.05) is 31.2 Å². The summed E-state index contributed by atoms with van der Waals surface area (Å²) in [4.78, 5) is 26.3. The summed E-state index contributed by atoms with van der Waals surface area (Å²) in [6, 6.07) is 3.70. The molecule has 0 amide bonds. The number of hydrogen-bond donors (Lipinski definition) is 0. The molecule has 2 aliphatic rings. The van der Waals surface area contributed by atoms with Crippen molar-refractivity contribution in [2.45, 2.75) is 32.2 Å². The van der Waals surface area contributed by atoms with Crippen LogP contribution in [0.4, 0.5) is 5.82 Å². The lowest BCUT2D eigenvalue weighted by molar-refractivity contribution is 0.122. The molecule has 0 N–H and O–H groups in total. The van der Waals surface area contributed by atoms with Gasteiger partial charge in [0.2, 0.25) is 0 Å². The largest absolute Gasteiger partial charge is 0.467 e. The Labute approximate surface area is 176 Å². The smallest absolute Gasteiger partial charge is 0.271 e. The Morgan fingerprint density at radius 1 is 1.13 bits per heavy atom. The van der Waals surface area contributed by atoms with Gasteiger partial charge in [0, 0.05) is 18.5 Å². The third-order valence-corrected chi connectivity index (χ3v) is 7.17. The average Bonchev–Trinajstić information content (AvgIpc) is 3.44. The molecule has 6 rings (SSSR count). The molecule has 0 aromatic carbocycles. The van der Waals surface area contributed by atoms with E-state index >= 15 is 0 Å². The van der Waals surface area contributed by atoms with E-state index < -0.39 is 0 Å². The number of nitrogens with zero attached hydrogens (tertiary/aromatic N) is 4. The fraction of sp³-hybridized carbons (Fsp3) is 0.409. The third-order valence-electron chi connectivity index (χ3n) is 6.11. The summed E-state index contributed by atoms with van der Waals surface area (Å²) >= 11 is 1.47. The number of morpholine rings is 1. The second-order valence-corrected chi connectivity index (χ2v) is 8.92. The Kier molecular flexibility index (Phi) is 4.35. The third kappa shape index (κ3) is 2.86. The number of anilines is 1. The van der Waals surface area contributed by atoms with Crippen LogP contribution in [-0.2, 0) is 24.1 Å². The van der Waals surface area contributed by atoms with Gasteiger partial charge in [0.15, 0.2) is 0 Å². The quantitative estimate of drug-likeness (QED) is 0.504. The molecule has 0 unspecified atom stereocenters. The molecule has 4 aromatic heterocycles. The number of furan rings is 1. The molecular formula is C22H22N4O3S. The van der Waals surface area contributed by atoms with Crippen LogP contribution in [0.1, 0.15) is 29.7 Å². The maximum absolute atomic E-state index is 13.2. The maximum atomic E-state index is 13.2. The van der Waals surface area contributed by atoms with Crippen molar-refractivity contribution in [3.05, 3.63) is 52.0 Å². The van der Waals surface area contributed by atoms with Crippen LogP contribution < -0.4 is 10.5 Å². The summed E-state index contributed by atoms with van der Waals surface area (Å²) in [5, 5.41) is 1.09. The molecule has 1 saturated heterocycles. The van der Waals surface area contributed by atoms with E-state index in [4.69, 9.17) is 19.1 Å². The second-order valence-electron chi connectivity index (χ2n) is 7.92. The molecule has 4 aromatic rings. The minimum atomic E-state index is -0.0307. The van der Waals surface area contributed by atoms with Gasteiger partial charge in [-0.15, -0.1) is 11.3 Å². The Morgan fingerprint density at radius 3 is 2.77 bits per heavy atom. The van der Waals surface area contributed by atoms with E-state index in [2.05, 4.69) is 4.90 Å². The van der Waals surface area contributed by atoms with Crippen LogP contribution in [0.2, 0.25) is 0 Å². The zero-order chi connectivity index (χ0) is 20.1. The predicted octanol–water partition coefficient (Wildman–Crippen LogP) is 3.36. The molecule has 0 saturated carbocycles. The normalized spacial score (nSPS) is 17.0. The minimum absolute atomic E-state index is 0.0307. The molecule has 5 heterocycles. The van der Waals surface area contributed by atoms with Crippen molar-refractivity contribution < 1.29 is 9.15 Å². The summed E-state index contributed by atoms with van der Waals surface area (Å²) in [6.45, 7) is 3.58. The van der Waals surface area contributed by atoms with E-state index in [0.717, 1.165) is 66.5 Å². The standard InChI is InChI=1S/C22H22N4O3S/c27-22-19-18(23-13-26(22)12-14-4-3-9-29-14)17-15-5-1-2-6-16(15)20(24-21(17)30-19)25-7-10-28-11-8-25/h3-4,9,13H,1-2,5-8,10-12H2. The Hall–Kier alpha value is -2.71. The van der Waals surface area contributed by atoms with Crippen molar-refractivity contribution in [2.24, 2.45) is 0 Å². The molecule has 7 nitrogen and oxygen atoms in total. The summed E-state index contributed by atoms with van der Waals surface area (Å²) in [5.41, 5.74) is 3.46. The lowest BCUT2D eigenvalue weighted by Crippen LogP contribution is -2.37. The highest BCUT2D eigenvalue weighted by Gasteiger charge is 2.26. The summed E-state index contributed by atoms with van der Waals surface area (Å²) < 4.78 is 13.2. The molecule has 30 heavy (non-hydrogen) atoms.